The van der Waals surface area contributed by atoms with Crippen molar-refractivity contribution >= 4 is 21.6 Å². The molecule has 0 radical (unpaired) electrons. The van der Waals surface area contributed by atoms with Crippen LogP contribution in [0.15, 0.2) is 11.4 Å². The largest absolute Gasteiger partial charge is 0.324 e. The van der Waals surface area contributed by atoms with Crippen molar-refractivity contribution in [1.29, 1.82) is 0 Å². The summed E-state index contributed by atoms with van der Waals surface area (Å²) in [6.45, 7) is 2.62. The SMILES string of the molecule is CN1CCCN(S(=O)(=O)c2ncn(C)c2Cl)CC1. The number of sulfonamides is 1. The lowest BCUT2D eigenvalue weighted by atomic mass is 10.4. The van der Waals surface area contributed by atoms with E-state index in [1.54, 1.807) is 7.05 Å². The number of aromatic nitrogens is 2. The van der Waals surface area contributed by atoms with Gasteiger partial charge in [0.05, 0.1) is 6.33 Å². The lowest BCUT2D eigenvalue weighted by molar-refractivity contribution is 0.347. The first-order valence-corrected chi connectivity index (χ1v) is 7.60. The topological polar surface area (TPSA) is 58.4 Å². The van der Waals surface area contributed by atoms with Crippen molar-refractivity contribution in [2.45, 2.75) is 11.4 Å². The van der Waals surface area contributed by atoms with E-state index in [0.29, 0.717) is 13.1 Å². The Hall–Kier alpha value is -0.630. The predicted octanol–water partition coefficient (Wildman–Crippen LogP) is 0.400. The zero-order valence-corrected chi connectivity index (χ0v) is 12.1. The third kappa shape index (κ3) is 2.54. The molecule has 8 heteroatoms. The number of aryl methyl sites for hydroxylation is 1. The Bertz CT molecular complexity index is 528. The van der Waals surface area contributed by atoms with E-state index in [1.165, 1.54) is 15.2 Å². The van der Waals surface area contributed by atoms with E-state index >= 15 is 0 Å². The molecule has 2 rings (SSSR count). The molecule has 0 bridgehead atoms. The highest BCUT2D eigenvalue weighted by atomic mass is 35.5. The molecule has 1 aromatic rings. The van der Waals surface area contributed by atoms with Gasteiger partial charge in [-0.1, -0.05) is 11.6 Å². The number of hydrogen-bond acceptors (Lipinski definition) is 4. The summed E-state index contributed by atoms with van der Waals surface area (Å²) in [6, 6.07) is 0. The van der Waals surface area contributed by atoms with Crippen LogP contribution in [0.5, 0.6) is 0 Å². The number of rotatable bonds is 2. The van der Waals surface area contributed by atoms with Gasteiger partial charge in [0.15, 0.2) is 0 Å². The molecule has 1 aromatic heterocycles. The van der Waals surface area contributed by atoms with Gasteiger partial charge in [0.1, 0.15) is 5.15 Å². The first-order valence-electron chi connectivity index (χ1n) is 5.78. The maximum Gasteiger partial charge on any atom is 0.263 e. The molecule has 0 saturated carbocycles. The van der Waals surface area contributed by atoms with Crippen LogP contribution < -0.4 is 0 Å². The van der Waals surface area contributed by atoms with E-state index in [1.807, 2.05) is 7.05 Å². The molecule has 0 spiro atoms. The Kier molecular flexibility index (Phi) is 3.96. The van der Waals surface area contributed by atoms with Crippen LogP contribution in [0.1, 0.15) is 6.42 Å². The predicted molar refractivity (Wildman–Crippen MR) is 69.1 cm³/mol. The van der Waals surface area contributed by atoms with Crippen molar-refractivity contribution < 1.29 is 8.42 Å². The van der Waals surface area contributed by atoms with E-state index in [0.717, 1.165) is 19.5 Å². The van der Waals surface area contributed by atoms with Gasteiger partial charge in [-0.2, -0.15) is 4.31 Å². The van der Waals surface area contributed by atoms with Gasteiger partial charge in [-0.15, -0.1) is 0 Å². The first-order chi connectivity index (χ1) is 8.43. The molecular formula is C10H17ClN4O2S. The molecule has 2 heterocycles. The van der Waals surface area contributed by atoms with Gasteiger partial charge in [-0.25, -0.2) is 13.4 Å². The maximum absolute atomic E-state index is 12.4. The lowest BCUT2D eigenvalue weighted by Gasteiger charge is -2.18. The van der Waals surface area contributed by atoms with Crippen molar-refractivity contribution in [3.63, 3.8) is 0 Å². The van der Waals surface area contributed by atoms with Gasteiger partial charge in [0.25, 0.3) is 10.0 Å². The molecule has 0 amide bonds. The van der Waals surface area contributed by atoms with Crippen molar-refractivity contribution in [2.24, 2.45) is 7.05 Å². The van der Waals surface area contributed by atoms with E-state index in [-0.39, 0.29) is 10.2 Å². The van der Waals surface area contributed by atoms with E-state index < -0.39 is 10.0 Å². The minimum atomic E-state index is -3.58. The fraction of sp³-hybridized carbons (Fsp3) is 0.700. The normalized spacial score (nSPS) is 19.9. The minimum Gasteiger partial charge on any atom is -0.324 e. The van der Waals surface area contributed by atoms with Crippen molar-refractivity contribution in [2.75, 3.05) is 33.2 Å². The smallest absolute Gasteiger partial charge is 0.263 e. The third-order valence-corrected chi connectivity index (χ3v) is 5.49. The fourth-order valence-electron chi connectivity index (χ4n) is 1.95. The van der Waals surface area contributed by atoms with Crippen molar-refractivity contribution in [3.8, 4) is 0 Å². The summed E-state index contributed by atoms with van der Waals surface area (Å²) in [5.41, 5.74) is 0. The van der Waals surface area contributed by atoms with Gasteiger partial charge in [0.2, 0.25) is 5.03 Å². The van der Waals surface area contributed by atoms with Crippen LogP contribution in [0.4, 0.5) is 0 Å². The quantitative estimate of drug-likeness (QED) is 0.792. The van der Waals surface area contributed by atoms with Gasteiger partial charge in [0, 0.05) is 26.7 Å². The van der Waals surface area contributed by atoms with Crippen LogP contribution in [0.25, 0.3) is 0 Å². The molecule has 102 valence electrons. The number of halogens is 1. The summed E-state index contributed by atoms with van der Waals surface area (Å²) in [4.78, 5) is 6.02. The summed E-state index contributed by atoms with van der Waals surface area (Å²) in [7, 11) is 0.0853. The number of likely N-dealkylation sites (N-methyl/N-ethyl adjacent to an activating group) is 1. The molecule has 1 fully saturated rings. The van der Waals surface area contributed by atoms with Gasteiger partial charge < -0.3 is 9.47 Å². The zero-order chi connectivity index (χ0) is 13.3. The van der Waals surface area contributed by atoms with Crippen LogP contribution >= 0.6 is 11.6 Å². The number of nitrogens with zero attached hydrogens (tertiary/aromatic N) is 4. The molecule has 1 aliphatic heterocycles. The molecule has 0 aromatic carbocycles. The second kappa shape index (κ2) is 5.16. The molecule has 0 atom stereocenters. The Morgan fingerprint density at radius 3 is 2.56 bits per heavy atom. The summed E-state index contributed by atoms with van der Waals surface area (Å²) in [5, 5.41) is 0.115. The van der Waals surface area contributed by atoms with Gasteiger partial charge in [-0.3, -0.25) is 0 Å². The van der Waals surface area contributed by atoms with Crippen LogP contribution in [-0.2, 0) is 17.1 Å². The molecule has 6 nitrogen and oxygen atoms in total. The standard InChI is InChI=1S/C10H17ClN4O2S/c1-13-4-3-5-15(7-6-13)18(16,17)10-9(11)14(2)8-12-10/h8H,3-7H2,1-2H3. The first kappa shape index (κ1) is 13.8. The average Bonchev–Trinajstić information content (AvgIpc) is 2.53. The zero-order valence-electron chi connectivity index (χ0n) is 10.5. The second-order valence-corrected chi connectivity index (χ2v) is 6.72. The Morgan fingerprint density at radius 1 is 1.22 bits per heavy atom. The molecule has 0 aliphatic carbocycles. The van der Waals surface area contributed by atoms with Crippen LogP contribution in [0.2, 0.25) is 5.15 Å². The molecule has 0 N–H and O–H groups in total. The summed E-state index contributed by atoms with van der Waals surface area (Å²) in [6.07, 6.45) is 2.24. The second-order valence-electron chi connectivity index (χ2n) is 4.51. The molecule has 0 unspecified atom stereocenters. The maximum atomic E-state index is 12.4. The lowest BCUT2D eigenvalue weighted by Crippen LogP contribution is -2.34. The van der Waals surface area contributed by atoms with E-state index in [4.69, 9.17) is 11.6 Å². The van der Waals surface area contributed by atoms with Gasteiger partial charge in [-0.05, 0) is 20.0 Å². The van der Waals surface area contributed by atoms with E-state index in [2.05, 4.69) is 9.88 Å². The molecule has 1 saturated heterocycles. The van der Waals surface area contributed by atoms with Crippen LogP contribution in [0.3, 0.4) is 0 Å². The molecule has 1 aliphatic rings. The van der Waals surface area contributed by atoms with Crippen LogP contribution in [-0.4, -0.2) is 60.4 Å². The van der Waals surface area contributed by atoms with Crippen LogP contribution in [0, 0.1) is 0 Å². The van der Waals surface area contributed by atoms with Crippen molar-refractivity contribution in [3.05, 3.63) is 11.5 Å². The number of imidazole rings is 1. The van der Waals surface area contributed by atoms with Gasteiger partial charge >= 0.3 is 0 Å². The van der Waals surface area contributed by atoms with Crippen molar-refractivity contribution in [1.82, 2.24) is 18.8 Å². The molecule has 18 heavy (non-hydrogen) atoms. The average molecular weight is 293 g/mol. The summed E-state index contributed by atoms with van der Waals surface area (Å²) >= 11 is 5.97. The van der Waals surface area contributed by atoms with E-state index in [9.17, 15) is 8.42 Å². The fourth-order valence-corrected chi connectivity index (χ4v) is 3.81. The minimum absolute atomic E-state index is 0.0452. The molecular weight excluding hydrogens is 276 g/mol. The Morgan fingerprint density at radius 2 is 1.94 bits per heavy atom. The monoisotopic (exact) mass is 292 g/mol. The third-order valence-electron chi connectivity index (χ3n) is 3.10. The highest BCUT2D eigenvalue weighted by molar-refractivity contribution is 7.89. The Labute approximate surface area is 112 Å². The summed E-state index contributed by atoms with van der Waals surface area (Å²) in [5.74, 6) is 0. The number of hydrogen-bond donors (Lipinski definition) is 0. The Balaban J connectivity index is 2.28. The highest BCUT2D eigenvalue weighted by Gasteiger charge is 2.30. The summed E-state index contributed by atoms with van der Waals surface area (Å²) < 4.78 is 27.8. The highest BCUT2D eigenvalue weighted by Crippen LogP contribution is 2.23.